The number of hydrogen-bond acceptors (Lipinski definition) is 6. The molecule has 1 fully saturated rings. The van der Waals surface area contributed by atoms with Crippen LogP contribution in [-0.4, -0.2) is 97.1 Å². The number of rotatable bonds is 9. The van der Waals surface area contributed by atoms with Crippen LogP contribution in [0, 0.1) is 5.92 Å². The quantitative estimate of drug-likeness (QED) is 0.448. The fourth-order valence-corrected chi connectivity index (χ4v) is 2.93. The first kappa shape index (κ1) is 23.8. The van der Waals surface area contributed by atoms with Crippen molar-refractivity contribution in [1.29, 1.82) is 0 Å². The van der Waals surface area contributed by atoms with Crippen LogP contribution >= 0.6 is 0 Å². The van der Waals surface area contributed by atoms with E-state index < -0.39 is 30.0 Å². The number of likely N-dealkylation sites (N-methyl/N-ethyl adjacent to an activating group) is 1. The molecule has 0 bridgehead atoms. The van der Waals surface area contributed by atoms with Crippen LogP contribution < -0.4 is 10.6 Å². The zero-order valence-electron chi connectivity index (χ0n) is 17.2. The second kappa shape index (κ2) is 11.0. The number of nitrogens with zero attached hydrogens (tertiary/aromatic N) is 2. The first-order valence-corrected chi connectivity index (χ1v) is 9.41. The van der Waals surface area contributed by atoms with Crippen molar-refractivity contribution in [1.82, 2.24) is 20.4 Å². The first-order valence-electron chi connectivity index (χ1n) is 9.41. The molecule has 0 aromatic carbocycles. The average Bonchev–Trinajstić information content (AvgIpc) is 2.67. The van der Waals surface area contributed by atoms with Crippen LogP contribution in [0.3, 0.4) is 0 Å². The summed E-state index contributed by atoms with van der Waals surface area (Å²) >= 11 is 0. The Kier molecular flexibility index (Phi) is 9.33. The van der Waals surface area contributed by atoms with Gasteiger partial charge in [-0.2, -0.15) is 0 Å². The number of piperazine rings is 1. The van der Waals surface area contributed by atoms with Crippen LogP contribution in [0.5, 0.6) is 0 Å². The number of amides is 3. The molecule has 0 aromatic heterocycles. The van der Waals surface area contributed by atoms with E-state index in [0.29, 0.717) is 0 Å². The summed E-state index contributed by atoms with van der Waals surface area (Å²) in [5.41, 5.74) is 0. The molecule has 28 heavy (non-hydrogen) atoms. The number of carboxylic acid groups (broad SMARTS) is 1. The van der Waals surface area contributed by atoms with Crippen LogP contribution in [0.15, 0.2) is 0 Å². The molecule has 3 N–H and O–H groups in total. The Morgan fingerprint density at radius 1 is 1.18 bits per heavy atom. The van der Waals surface area contributed by atoms with Gasteiger partial charge in [0.25, 0.3) is 0 Å². The summed E-state index contributed by atoms with van der Waals surface area (Å²) in [7, 11) is 3.12. The third-order valence-electron chi connectivity index (χ3n) is 4.88. The van der Waals surface area contributed by atoms with E-state index in [1.54, 1.807) is 27.8 Å². The molecule has 0 aromatic rings. The van der Waals surface area contributed by atoms with Crippen LogP contribution in [0.25, 0.3) is 0 Å². The van der Waals surface area contributed by atoms with E-state index in [1.165, 1.54) is 16.9 Å². The summed E-state index contributed by atoms with van der Waals surface area (Å²) in [6.45, 7) is 5.73. The molecule has 3 amide bonds. The summed E-state index contributed by atoms with van der Waals surface area (Å²) in [4.78, 5) is 51.9. The van der Waals surface area contributed by atoms with E-state index in [-0.39, 0.29) is 50.4 Å². The van der Waals surface area contributed by atoms with Gasteiger partial charge in [0, 0.05) is 20.2 Å². The second-order valence-corrected chi connectivity index (χ2v) is 7.21. The second-order valence-electron chi connectivity index (χ2n) is 7.21. The largest absolute Gasteiger partial charge is 0.480 e. The van der Waals surface area contributed by atoms with Crippen LogP contribution in [-0.2, 0) is 23.9 Å². The molecule has 0 spiro atoms. The lowest BCUT2D eigenvalue weighted by molar-refractivity contribution is -0.158. The molecule has 3 unspecified atom stereocenters. The first-order chi connectivity index (χ1) is 13.1. The minimum atomic E-state index is -1.19. The van der Waals surface area contributed by atoms with Crippen molar-refractivity contribution in [3.8, 4) is 0 Å². The molecule has 1 aliphatic heterocycles. The highest BCUT2D eigenvalue weighted by Gasteiger charge is 2.40. The highest BCUT2D eigenvalue weighted by atomic mass is 16.5. The van der Waals surface area contributed by atoms with Gasteiger partial charge in [0.05, 0.1) is 25.6 Å². The molecule has 160 valence electrons. The number of aliphatic carboxylic acids is 1. The van der Waals surface area contributed by atoms with Gasteiger partial charge < -0.3 is 30.3 Å². The van der Waals surface area contributed by atoms with Crippen molar-refractivity contribution in [2.45, 2.75) is 45.3 Å². The highest BCUT2D eigenvalue weighted by molar-refractivity contribution is 5.92. The topological polar surface area (TPSA) is 128 Å². The normalized spacial score (nSPS) is 19.3. The number of carboxylic acids is 1. The van der Waals surface area contributed by atoms with Crippen molar-refractivity contribution >= 4 is 23.7 Å². The fraction of sp³-hybridized carbons (Fsp3) is 0.778. The van der Waals surface area contributed by atoms with Crippen molar-refractivity contribution < 1.29 is 29.0 Å². The molecule has 0 aliphatic carbocycles. The van der Waals surface area contributed by atoms with E-state index >= 15 is 0 Å². The summed E-state index contributed by atoms with van der Waals surface area (Å²) in [5.74, 6) is -2.42. The molecule has 1 saturated heterocycles. The SMILES string of the molecule is CNC(C)C(=O)NC(C(=O)N1CCN(C(=O)CCOC)CC1C(=O)O)C(C)C. The maximum absolute atomic E-state index is 13.1. The highest BCUT2D eigenvalue weighted by Crippen LogP contribution is 2.16. The van der Waals surface area contributed by atoms with Gasteiger partial charge in [-0.3, -0.25) is 14.4 Å². The monoisotopic (exact) mass is 400 g/mol. The Morgan fingerprint density at radius 3 is 2.32 bits per heavy atom. The fourth-order valence-electron chi connectivity index (χ4n) is 2.93. The summed E-state index contributed by atoms with van der Waals surface area (Å²) < 4.78 is 4.89. The van der Waals surface area contributed by atoms with E-state index in [0.717, 1.165) is 0 Å². The molecule has 1 aliphatic rings. The van der Waals surface area contributed by atoms with Gasteiger partial charge in [0.2, 0.25) is 17.7 Å². The van der Waals surface area contributed by atoms with Gasteiger partial charge in [-0.05, 0) is 19.9 Å². The zero-order chi connectivity index (χ0) is 21.4. The van der Waals surface area contributed by atoms with Gasteiger partial charge >= 0.3 is 5.97 Å². The van der Waals surface area contributed by atoms with E-state index in [2.05, 4.69) is 10.6 Å². The summed E-state index contributed by atoms with van der Waals surface area (Å²) in [6, 6.07) is -2.49. The molecule has 10 nitrogen and oxygen atoms in total. The Bertz CT molecular complexity index is 582. The van der Waals surface area contributed by atoms with Gasteiger partial charge in [-0.25, -0.2) is 4.79 Å². The van der Waals surface area contributed by atoms with Gasteiger partial charge in [0.1, 0.15) is 12.1 Å². The van der Waals surface area contributed by atoms with Gasteiger partial charge in [-0.15, -0.1) is 0 Å². The number of methoxy groups -OCH3 is 1. The molecular weight excluding hydrogens is 368 g/mol. The predicted molar refractivity (Wildman–Crippen MR) is 102 cm³/mol. The number of ether oxygens (including phenoxy) is 1. The van der Waals surface area contributed by atoms with E-state index in [9.17, 15) is 24.3 Å². The summed E-state index contributed by atoms with van der Waals surface area (Å²) in [5, 5.41) is 15.1. The predicted octanol–water partition coefficient (Wildman–Crippen LogP) is -1.10. The van der Waals surface area contributed by atoms with Crippen molar-refractivity contribution in [2.24, 2.45) is 5.92 Å². The molecule has 3 atom stereocenters. The Labute approximate surface area is 165 Å². The Hall–Kier alpha value is -2.20. The molecule has 1 rings (SSSR count). The Morgan fingerprint density at radius 2 is 1.82 bits per heavy atom. The molecule has 1 heterocycles. The third-order valence-corrected chi connectivity index (χ3v) is 4.88. The van der Waals surface area contributed by atoms with Crippen molar-refractivity contribution in [3.63, 3.8) is 0 Å². The standard InChI is InChI=1S/C18H32N4O6/c1-11(2)15(20-16(24)12(3)19-4)17(25)22-8-7-21(10-13(22)18(26)27)14(23)6-9-28-5/h11-13,15,19H,6-10H2,1-5H3,(H,20,24)(H,26,27). The maximum Gasteiger partial charge on any atom is 0.328 e. The number of hydrogen-bond donors (Lipinski definition) is 3. The van der Waals surface area contributed by atoms with Crippen molar-refractivity contribution in [3.05, 3.63) is 0 Å². The van der Waals surface area contributed by atoms with Crippen molar-refractivity contribution in [2.75, 3.05) is 40.4 Å². The number of carbonyl (C=O) groups is 4. The number of nitrogens with one attached hydrogen (secondary N) is 2. The van der Waals surface area contributed by atoms with Crippen LogP contribution in [0.2, 0.25) is 0 Å². The number of carbonyl (C=O) groups excluding carboxylic acids is 3. The van der Waals surface area contributed by atoms with E-state index in [1.807, 2.05) is 0 Å². The van der Waals surface area contributed by atoms with Crippen LogP contribution in [0.4, 0.5) is 0 Å². The van der Waals surface area contributed by atoms with Crippen LogP contribution in [0.1, 0.15) is 27.2 Å². The van der Waals surface area contributed by atoms with Gasteiger partial charge in [0.15, 0.2) is 0 Å². The maximum atomic E-state index is 13.1. The van der Waals surface area contributed by atoms with E-state index in [4.69, 9.17) is 4.74 Å². The smallest absolute Gasteiger partial charge is 0.328 e. The lowest BCUT2D eigenvalue weighted by Gasteiger charge is -2.41. The molecular formula is C18H32N4O6. The lowest BCUT2D eigenvalue weighted by Crippen LogP contribution is -2.64. The lowest BCUT2D eigenvalue weighted by atomic mass is 10.00. The molecule has 0 radical (unpaired) electrons. The molecule has 10 heteroatoms. The summed E-state index contributed by atoms with van der Waals surface area (Å²) in [6.07, 6.45) is 0.156. The third kappa shape index (κ3) is 6.16. The zero-order valence-corrected chi connectivity index (χ0v) is 17.2. The van der Waals surface area contributed by atoms with Gasteiger partial charge in [-0.1, -0.05) is 13.8 Å². The minimum Gasteiger partial charge on any atom is -0.480 e. The molecule has 0 saturated carbocycles. The Balaban J connectivity index is 2.93. The average molecular weight is 400 g/mol. The minimum absolute atomic E-state index is 0.0880.